The molecule has 2 amide bonds. The molecule has 0 unspecified atom stereocenters. The lowest BCUT2D eigenvalue weighted by atomic mass is 10.0. The zero-order valence-corrected chi connectivity index (χ0v) is 18.0. The van der Waals surface area contributed by atoms with E-state index in [4.69, 9.17) is 4.74 Å². The molecule has 5 nitrogen and oxygen atoms in total. The number of ether oxygens (including phenoxy) is 1. The van der Waals surface area contributed by atoms with Crippen LogP contribution in [0.3, 0.4) is 0 Å². The van der Waals surface area contributed by atoms with Gasteiger partial charge in [0.15, 0.2) is 11.6 Å². The third kappa shape index (κ3) is 4.67. The van der Waals surface area contributed by atoms with Gasteiger partial charge in [0.05, 0.1) is 12.6 Å². The molecule has 1 aliphatic heterocycles. The lowest BCUT2D eigenvalue weighted by Gasteiger charge is -2.37. The predicted molar refractivity (Wildman–Crippen MR) is 114 cm³/mol. The Labute approximate surface area is 180 Å². The van der Waals surface area contributed by atoms with Crippen LogP contribution in [-0.4, -0.2) is 47.9 Å². The molecule has 1 saturated carbocycles. The van der Waals surface area contributed by atoms with E-state index in [2.05, 4.69) is 0 Å². The van der Waals surface area contributed by atoms with Gasteiger partial charge in [-0.05, 0) is 54.3 Å². The summed E-state index contributed by atoms with van der Waals surface area (Å²) in [5.41, 5.74) is 1.06. The minimum atomic E-state index is -0.416. The van der Waals surface area contributed by atoms with Crippen molar-refractivity contribution in [2.75, 3.05) is 26.2 Å². The minimum absolute atomic E-state index is 0.0163. The van der Waals surface area contributed by atoms with E-state index in [1.165, 1.54) is 10.9 Å². The number of thiophene rings is 1. The maximum absolute atomic E-state index is 14.0. The van der Waals surface area contributed by atoms with Gasteiger partial charge in [-0.2, -0.15) is 0 Å². The van der Waals surface area contributed by atoms with E-state index < -0.39 is 5.82 Å². The summed E-state index contributed by atoms with van der Waals surface area (Å²) in [7, 11) is 0. The molecule has 1 atom stereocenters. The largest absolute Gasteiger partial charge is 0.488 e. The summed E-state index contributed by atoms with van der Waals surface area (Å²) < 4.78 is 19.8. The number of halogens is 1. The molecule has 2 aromatic rings. The fourth-order valence-corrected chi connectivity index (χ4v) is 4.88. The van der Waals surface area contributed by atoms with E-state index in [0.717, 1.165) is 24.8 Å². The van der Waals surface area contributed by atoms with Crippen LogP contribution in [0.15, 0.2) is 35.7 Å². The molecule has 2 heterocycles. The second kappa shape index (κ2) is 9.16. The Morgan fingerprint density at radius 3 is 2.80 bits per heavy atom. The summed E-state index contributed by atoms with van der Waals surface area (Å²) in [6.45, 7) is 3.34. The van der Waals surface area contributed by atoms with Crippen molar-refractivity contribution in [2.24, 2.45) is 5.92 Å². The van der Waals surface area contributed by atoms with Crippen molar-refractivity contribution in [1.29, 1.82) is 0 Å². The molecule has 0 radical (unpaired) electrons. The van der Waals surface area contributed by atoms with E-state index in [9.17, 15) is 14.0 Å². The molecule has 0 spiro atoms. The predicted octanol–water partition coefficient (Wildman–Crippen LogP) is 4.04. The Morgan fingerprint density at radius 1 is 1.27 bits per heavy atom. The van der Waals surface area contributed by atoms with Crippen LogP contribution >= 0.6 is 11.3 Å². The SMILES string of the molecule is CCC(=O)N(CC(=O)N1CCc2sccc2[C@H]1COc1ccccc1F)CC1CC1. The molecule has 0 saturated heterocycles. The molecule has 7 heteroatoms. The first kappa shape index (κ1) is 20.8. The number of para-hydroxylation sites is 1. The normalized spacial score (nSPS) is 18.1. The van der Waals surface area contributed by atoms with E-state index in [0.29, 0.717) is 25.4 Å². The second-order valence-corrected chi connectivity index (χ2v) is 8.97. The average Bonchev–Trinajstić information content (AvgIpc) is 3.44. The number of carbonyl (C=O) groups is 2. The van der Waals surface area contributed by atoms with Gasteiger partial charge in [-0.1, -0.05) is 19.1 Å². The van der Waals surface area contributed by atoms with Crippen LogP contribution in [0, 0.1) is 11.7 Å². The van der Waals surface area contributed by atoms with E-state index in [1.807, 2.05) is 18.4 Å². The minimum Gasteiger partial charge on any atom is -0.488 e. The van der Waals surface area contributed by atoms with Gasteiger partial charge < -0.3 is 14.5 Å². The van der Waals surface area contributed by atoms with Crippen molar-refractivity contribution >= 4 is 23.2 Å². The molecule has 0 bridgehead atoms. The summed E-state index contributed by atoms with van der Waals surface area (Å²) >= 11 is 1.67. The first-order chi connectivity index (χ1) is 14.6. The Bertz CT molecular complexity index is 911. The van der Waals surface area contributed by atoms with Crippen molar-refractivity contribution in [1.82, 2.24) is 9.80 Å². The van der Waals surface area contributed by atoms with Gasteiger partial charge >= 0.3 is 0 Å². The van der Waals surface area contributed by atoms with Gasteiger partial charge in [0.2, 0.25) is 11.8 Å². The molecule has 160 valence electrons. The van der Waals surface area contributed by atoms with Crippen LogP contribution in [0.4, 0.5) is 4.39 Å². The molecular weight excluding hydrogens is 403 g/mol. The second-order valence-electron chi connectivity index (χ2n) is 7.96. The third-order valence-corrected chi connectivity index (χ3v) is 6.80. The van der Waals surface area contributed by atoms with Gasteiger partial charge in [-0.15, -0.1) is 11.3 Å². The zero-order valence-electron chi connectivity index (χ0n) is 17.2. The molecule has 0 N–H and O–H groups in total. The standard InChI is InChI=1S/C23H27FN2O3S/c1-2-22(27)25(13-16-7-8-16)14-23(28)26-11-9-21-17(10-12-30-21)19(26)15-29-20-6-4-3-5-18(20)24/h3-6,10,12,16,19H,2,7-9,11,13-15H2,1H3/t19-/m1/s1. The highest BCUT2D eigenvalue weighted by molar-refractivity contribution is 7.10. The highest BCUT2D eigenvalue weighted by Crippen LogP contribution is 2.35. The summed E-state index contributed by atoms with van der Waals surface area (Å²) in [5.74, 6) is 0.238. The van der Waals surface area contributed by atoms with Crippen LogP contribution in [0.1, 0.15) is 42.7 Å². The quantitative estimate of drug-likeness (QED) is 0.635. The van der Waals surface area contributed by atoms with Crippen molar-refractivity contribution in [2.45, 2.75) is 38.6 Å². The summed E-state index contributed by atoms with van der Waals surface area (Å²) in [6, 6.07) is 8.04. The fourth-order valence-electron chi connectivity index (χ4n) is 3.95. The third-order valence-electron chi connectivity index (χ3n) is 5.81. The van der Waals surface area contributed by atoms with Crippen LogP contribution < -0.4 is 4.74 Å². The molecule has 1 fully saturated rings. The number of fused-ring (bicyclic) bond motifs is 1. The van der Waals surface area contributed by atoms with Crippen molar-refractivity contribution in [3.8, 4) is 5.75 Å². The number of benzene rings is 1. The van der Waals surface area contributed by atoms with Gasteiger partial charge in [0.1, 0.15) is 6.61 Å². The molecule has 30 heavy (non-hydrogen) atoms. The topological polar surface area (TPSA) is 49.9 Å². The van der Waals surface area contributed by atoms with Crippen LogP contribution in [0.25, 0.3) is 0 Å². The van der Waals surface area contributed by atoms with E-state index in [-0.39, 0.29) is 36.8 Å². The highest BCUT2D eigenvalue weighted by Gasteiger charge is 2.34. The van der Waals surface area contributed by atoms with E-state index >= 15 is 0 Å². The summed E-state index contributed by atoms with van der Waals surface area (Å²) in [4.78, 5) is 30.4. The van der Waals surface area contributed by atoms with Gasteiger partial charge in [0, 0.05) is 24.4 Å². The van der Waals surface area contributed by atoms with Gasteiger partial charge in [0.25, 0.3) is 0 Å². The van der Waals surface area contributed by atoms with Crippen LogP contribution in [-0.2, 0) is 16.0 Å². The number of hydrogen-bond acceptors (Lipinski definition) is 4. The fraction of sp³-hybridized carbons (Fsp3) is 0.478. The maximum Gasteiger partial charge on any atom is 0.242 e. The molecule has 1 aromatic carbocycles. The first-order valence-electron chi connectivity index (χ1n) is 10.6. The number of hydrogen-bond donors (Lipinski definition) is 0. The highest BCUT2D eigenvalue weighted by atomic mass is 32.1. The maximum atomic E-state index is 14.0. The number of nitrogens with zero attached hydrogens (tertiary/aromatic N) is 2. The van der Waals surface area contributed by atoms with Crippen molar-refractivity contribution < 1.29 is 18.7 Å². The Kier molecular flexibility index (Phi) is 6.37. The Hall–Kier alpha value is -2.41. The molecular formula is C23H27FN2O3S. The first-order valence-corrected chi connectivity index (χ1v) is 11.5. The number of amides is 2. The van der Waals surface area contributed by atoms with Crippen LogP contribution in [0.5, 0.6) is 5.75 Å². The van der Waals surface area contributed by atoms with Gasteiger partial charge in [-0.25, -0.2) is 4.39 Å². The average molecular weight is 431 g/mol. The Morgan fingerprint density at radius 2 is 2.07 bits per heavy atom. The smallest absolute Gasteiger partial charge is 0.242 e. The molecule has 2 aliphatic rings. The summed E-state index contributed by atoms with van der Waals surface area (Å²) in [6.07, 6.45) is 3.44. The lowest BCUT2D eigenvalue weighted by molar-refractivity contribution is -0.142. The van der Waals surface area contributed by atoms with Crippen LogP contribution in [0.2, 0.25) is 0 Å². The molecule has 1 aromatic heterocycles. The zero-order chi connectivity index (χ0) is 21.1. The van der Waals surface area contributed by atoms with Gasteiger partial charge in [-0.3, -0.25) is 9.59 Å². The molecule has 4 rings (SSSR count). The number of rotatable bonds is 8. The Balaban J connectivity index is 1.50. The monoisotopic (exact) mass is 430 g/mol. The van der Waals surface area contributed by atoms with E-state index in [1.54, 1.807) is 39.3 Å². The van der Waals surface area contributed by atoms with Crippen molar-refractivity contribution in [3.05, 3.63) is 52.0 Å². The lowest BCUT2D eigenvalue weighted by Crippen LogP contribution is -2.48. The molecule has 1 aliphatic carbocycles. The van der Waals surface area contributed by atoms with Crippen molar-refractivity contribution in [3.63, 3.8) is 0 Å². The summed E-state index contributed by atoms with van der Waals surface area (Å²) in [5, 5.41) is 2.02. The number of carbonyl (C=O) groups excluding carboxylic acids is 2.